The molecule has 0 saturated heterocycles. The van der Waals surface area contributed by atoms with Gasteiger partial charge in [-0.15, -0.1) is 11.3 Å². The van der Waals surface area contributed by atoms with E-state index in [1.807, 2.05) is 54.6 Å². The second kappa shape index (κ2) is 7.76. The van der Waals surface area contributed by atoms with E-state index in [4.69, 9.17) is 4.74 Å². The predicted octanol–water partition coefficient (Wildman–Crippen LogP) is 5.54. The quantitative estimate of drug-likeness (QED) is 0.439. The Hall–Kier alpha value is -2.64. The van der Waals surface area contributed by atoms with Crippen molar-refractivity contribution in [1.82, 2.24) is 4.98 Å². The van der Waals surface area contributed by atoms with Crippen molar-refractivity contribution in [3.63, 3.8) is 0 Å². The molecule has 0 atom stereocenters. The van der Waals surface area contributed by atoms with E-state index in [9.17, 15) is 5.26 Å². The molecule has 0 saturated carbocycles. The third kappa shape index (κ3) is 3.81. The average molecular weight is 334 g/mol. The maximum absolute atomic E-state index is 9.53. The lowest BCUT2D eigenvalue weighted by Gasteiger charge is -2.05. The summed E-state index contributed by atoms with van der Waals surface area (Å²) in [6.45, 7) is 2.85. The van der Waals surface area contributed by atoms with Crippen LogP contribution < -0.4 is 4.74 Å². The monoisotopic (exact) mass is 334 g/mol. The van der Waals surface area contributed by atoms with Gasteiger partial charge in [0.1, 0.15) is 16.8 Å². The Labute approximate surface area is 145 Å². The van der Waals surface area contributed by atoms with Gasteiger partial charge in [0, 0.05) is 0 Å². The van der Waals surface area contributed by atoms with Gasteiger partial charge in [-0.2, -0.15) is 5.26 Å². The van der Waals surface area contributed by atoms with Gasteiger partial charge in [0.2, 0.25) is 0 Å². The number of hydrogen-bond donors (Lipinski definition) is 0. The molecule has 0 aliphatic carbocycles. The van der Waals surface area contributed by atoms with Gasteiger partial charge in [-0.05, 0) is 42.3 Å². The van der Waals surface area contributed by atoms with Crippen LogP contribution in [-0.2, 0) is 0 Å². The van der Waals surface area contributed by atoms with Gasteiger partial charge >= 0.3 is 0 Å². The molecule has 0 bridgehead atoms. The summed E-state index contributed by atoms with van der Waals surface area (Å²) in [5.74, 6) is 0.832. The molecule has 4 heteroatoms. The highest BCUT2D eigenvalue weighted by Crippen LogP contribution is 2.28. The minimum Gasteiger partial charge on any atom is -0.494 e. The first-order chi connectivity index (χ1) is 11.8. The first-order valence-electron chi connectivity index (χ1n) is 8.01. The van der Waals surface area contributed by atoms with Gasteiger partial charge < -0.3 is 4.74 Å². The number of nitrogens with zero attached hydrogens (tertiary/aromatic N) is 2. The summed E-state index contributed by atoms with van der Waals surface area (Å²) < 4.78 is 6.82. The molecule has 2 aromatic carbocycles. The van der Waals surface area contributed by atoms with Gasteiger partial charge in [-0.25, -0.2) is 4.98 Å². The van der Waals surface area contributed by atoms with Crippen molar-refractivity contribution in [1.29, 1.82) is 5.26 Å². The highest BCUT2D eigenvalue weighted by molar-refractivity contribution is 7.19. The van der Waals surface area contributed by atoms with E-state index in [2.05, 4.69) is 18.0 Å². The number of fused-ring (bicyclic) bond motifs is 1. The summed E-state index contributed by atoms with van der Waals surface area (Å²) in [7, 11) is 0. The highest BCUT2D eigenvalue weighted by atomic mass is 32.1. The van der Waals surface area contributed by atoms with E-state index in [1.54, 1.807) is 0 Å². The fourth-order valence-corrected chi connectivity index (χ4v) is 3.26. The van der Waals surface area contributed by atoms with E-state index in [-0.39, 0.29) is 0 Å². The highest BCUT2D eigenvalue weighted by Gasteiger charge is 2.08. The number of ether oxygens (including phenoxy) is 1. The van der Waals surface area contributed by atoms with Crippen molar-refractivity contribution in [2.75, 3.05) is 6.61 Å². The third-order valence-corrected chi connectivity index (χ3v) is 4.65. The molecule has 0 amide bonds. The molecule has 0 unspecified atom stereocenters. The van der Waals surface area contributed by atoms with Crippen molar-refractivity contribution in [2.24, 2.45) is 0 Å². The SMILES string of the molecule is CCCCOc1cccc(/C=C(/C#N)c2nc3ccccc3s2)c1. The van der Waals surface area contributed by atoms with E-state index in [0.29, 0.717) is 12.2 Å². The van der Waals surface area contributed by atoms with Crippen LogP contribution in [0.4, 0.5) is 0 Å². The van der Waals surface area contributed by atoms with Crippen LogP contribution in [0.2, 0.25) is 0 Å². The fourth-order valence-electron chi connectivity index (χ4n) is 2.32. The molecule has 120 valence electrons. The lowest BCUT2D eigenvalue weighted by Crippen LogP contribution is -1.96. The van der Waals surface area contributed by atoms with Crippen molar-refractivity contribution < 1.29 is 4.74 Å². The molecular weight excluding hydrogens is 316 g/mol. The number of benzene rings is 2. The lowest BCUT2D eigenvalue weighted by molar-refractivity contribution is 0.309. The van der Waals surface area contributed by atoms with Gasteiger partial charge in [0.05, 0.1) is 22.4 Å². The van der Waals surface area contributed by atoms with E-state index >= 15 is 0 Å². The zero-order chi connectivity index (χ0) is 16.8. The van der Waals surface area contributed by atoms with E-state index in [0.717, 1.165) is 39.4 Å². The van der Waals surface area contributed by atoms with Crippen molar-refractivity contribution >= 4 is 33.2 Å². The minimum absolute atomic E-state index is 0.571. The van der Waals surface area contributed by atoms with Crippen molar-refractivity contribution in [3.8, 4) is 11.8 Å². The van der Waals surface area contributed by atoms with Crippen LogP contribution in [0.3, 0.4) is 0 Å². The van der Waals surface area contributed by atoms with Crippen LogP contribution in [-0.4, -0.2) is 11.6 Å². The topological polar surface area (TPSA) is 45.9 Å². The lowest BCUT2D eigenvalue weighted by atomic mass is 10.1. The number of unbranched alkanes of at least 4 members (excludes halogenated alkanes) is 1. The first kappa shape index (κ1) is 16.2. The molecule has 0 radical (unpaired) electrons. The maximum atomic E-state index is 9.53. The Kier molecular flexibility index (Phi) is 5.25. The zero-order valence-corrected chi connectivity index (χ0v) is 14.3. The average Bonchev–Trinajstić information content (AvgIpc) is 3.04. The smallest absolute Gasteiger partial charge is 0.135 e. The molecule has 3 rings (SSSR count). The summed E-state index contributed by atoms with van der Waals surface area (Å²) in [6, 6.07) is 18.0. The molecule has 24 heavy (non-hydrogen) atoms. The standard InChI is InChI=1S/C20H18N2OS/c1-2-3-11-23-17-8-6-7-15(13-17)12-16(14-21)20-22-18-9-4-5-10-19(18)24-20/h4-10,12-13H,2-3,11H2,1H3/b16-12-. The Morgan fingerprint density at radius 2 is 2.12 bits per heavy atom. The zero-order valence-electron chi connectivity index (χ0n) is 13.5. The molecule has 0 N–H and O–H groups in total. The number of nitriles is 1. The Morgan fingerprint density at radius 3 is 2.92 bits per heavy atom. The fraction of sp³-hybridized carbons (Fsp3) is 0.200. The van der Waals surface area contributed by atoms with Crippen LogP contribution in [0.1, 0.15) is 30.3 Å². The molecule has 3 aromatic rings. The molecule has 0 aliphatic heterocycles. The number of rotatable bonds is 6. The third-order valence-electron chi connectivity index (χ3n) is 3.58. The number of allylic oxidation sites excluding steroid dienone is 1. The first-order valence-corrected chi connectivity index (χ1v) is 8.82. The van der Waals surface area contributed by atoms with E-state index in [1.165, 1.54) is 11.3 Å². The maximum Gasteiger partial charge on any atom is 0.135 e. The number of aromatic nitrogens is 1. The van der Waals surface area contributed by atoms with Gasteiger partial charge in [-0.1, -0.05) is 37.6 Å². The predicted molar refractivity (Wildman–Crippen MR) is 99.9 cm³/mol. The number of thiazole rings is 1. The van der Waals surface area contributed by atoms with Crippen LogP contribution in [0.25, 0.3) is 21.9 Å². The number of hydrogen-bond acceptors (Lipinski definition) is 4. The normalized spacial score (nSPS) is 11.4. The van der Waals surface area contributed by atoms with Gasteiger partial charge in [0.15, 0.2) is 0 Å². The summed E-state index contributed by atoms with van der Waals surface area (Å²) in [5, 5.41) is 10.3. The summed E-state index contributed by atoms with van der Waals surface area (Å²) in [5.41, 5.74) is 2.44. The van der Waals surface area contributed by atoms with Gasteiger partial charge in [-0.3, -0.25) is 0 Å². The van der Waals surface area contributed by atoms with Crippen LogP contribution in [0.5, 0.6) is 5.75 Å². The number of para-hydroxylation sites is 1. The second-order valence-electron chi connectivity index (χ2n) is 5.43. The van der Waals surface area contributed by atoms with E-state index < -0.39 is 0 Å². The van der Waals surface area contributed by atoms with Crippen LogP contribution >= 0.6 is 11.3 Å². The van der Waals surface area contributed by atoms with Gasteiger partial charge in [0.25, 0.3) is 0 Å². The van der Waals surface area contributed by atoms with Crippen molar-refractivity contribution in [3.05, 3.63) is 59.1 Å². The Balaban J connectivity index is 1.87. The molecule has 3 nitrogen and oxygen atoms in total. The second-order valence-corrected chi connectivity index (χ2v) is 6.46. The molecule has 0 aliphatic rings. The summed E-state index contributed by atoms with van der Waals surface area (Å²) in [6.07, 6.45) is 4.01. The molecular formula is C20H18N2OS. The largest absolute Gasteiger partial charge is 0.494 e. The van der Waals surface area contributed by atoms with Crippen LogP contribution in [0.15, 0.2) is 48.5 Å². The molecule has 1 heterocycles. The summed E-state index contributed by atoms with van der Waals surface area (Å²) in [4.78, 5) is 4.56. The van der Waals surface area contributed by atoms with Crippen LogP contribution in [0, 0.1) is 11.3 Å². The Morgan fingerprint density at radius 1 is 1.25 bits per heavy atom. The minimum atomic E-state index is 0.571. The molecule has 0 fully saturated rings. The molecule has 0 spiro atoms. The summed E-state index contributed by atoms with van der Waals surface area (Å²) >= 11 is 1.54. The Bertz CT molecular complexity index is 872. The molecule has 1 aromatic heterocycles. The van der Waals surface area contributed by atoms with Crippen molar-refractivity contribution in [2.45, 2.75) is 19.8 Å².